The highest BCUT2D eigenvalue weighted by Crippen LogP contribution is 2.26. The second-order valence-corrected chi connectivity index (χ2v) is 3.89. The molecule has 1 unspecified atom stereocenters. The van der Waals surface area contributed by atoms with E-state index in [9.17, 15) is 0 Å². The molecule has 0 amide bonds. The maximum absolute atomic E-state index is 6.22. The largest absolute Gasteiger partial charge is 0.259 e. The normalized spacial score (nSPS) is 12.4. The molecule has 0 fully saturated rings. The third-order valence-corrected chi connectivity index (χ3v) is 2.63. The number of pyridine rings is 2. The van der Waals surface area contributed by atoms with Crippen LogP contribution in [0, 0.1) is 0 Å². The topological polar surface area (TPSA) is 25.8 Å². The highest BCUT2D eigenvalue weighted by molar-refractivity contribution is 6.30. The molecular weight excluding hydrogens is 231 g/mol. The fourth-order valence-corrected chi connectivity index (χ4v) is 1.65. The van der Waals surface area contributed by atoms with Gasteiger partial charge in [-0.25, -0.2) is 0 Å². The molecule has 2 aromatic heterocycles. The molecule has 0 aliphatic rings. The van der Waals surface area contributed by atoms with Crippen molar-refractivity contribution >= 4 is 23.2 Å². The highest BCUT2D eigenvalue weighted by Gasteiger charge is 2.12. The summed E-state index contributed by atoms with van der Waals surface area (Å²) >= 11 is 12.1. The number of alkyl halides is 1. The van der Waals surface area contributed by atoms with Crippen molar-refractivity contribution < 1.29 is 0 Å². The summed E-state index contributed by atoms with van der Waals surface area (Å²) in [4.78, 5) is 8.33. The lowest BCUT2D eigenvalue weighted by molar-refractivity contribution is 0.980. The molecule has 0 saturated carbocycles. The quantitative estimate of drug-likeness (QED) is 0.750. The smallest absolute Gasteiger partial charge is 0.118 e. The molecule has 0 aromatic carbocycles. The van der Waals surface area contributed by atoms with E-state index in [-0.39, 0.29) is 5.38 Å². The van der Waals surface area contributed by atoms with Crippen LogP contribution in [0.5, 0.6) is 0 Å². The van der Waals surface area contributed by atoms with Crippen molar-refractivity contribution in [2.24, 2.45) is 0 Å². The Labute approximate surface area is 97.9 Å². The van der Waals surface area contributed by atoms with Gasteiger partial charge in [0.15, 0.2) is 0 Å². The Balaban J connectivity index is 2.32. The summed E-state index contributed by atoms with van der Waals surface area (Å²) in [6.45, 7) is 0. The van der Waals surface area contributed by atoms with Crippen LogP contribution in [0.1, 0.15) is 16.8 Å². The highest BCUT2D eigenvalue weighted by atomic mass is 35.5. The Bertz CT molecular complexity index is 445. The summed E-state index contributed by atoms with van der Waals surface area (Å²) < 4.78 is 0. The van der Waals surface area contributed by atoms with Gasteiger partial charge in [-0.05, 0) is 24.3 Å². The number of nitrogens with zero attached hydrogens (tertiary/aromatic N) is 2. The van der Waals surface area contributed by atoms with Crippen LogP contribution in [0.25, 0.3) is 0 Å². The van der Waals surface area contributed by atoms with Gasteiger partial charge in [0, 0.05) is 17.4 Å². The first kappa shape index (κ1) is 10.4. The summed E-state index contributed by atoms with van der Waals surface area (Å²) in [6.07, 6.45) is 3.34. The first-order valence-corrected chi connectivity index (χ1v) is 5.25. The van der Waals surface area contributed by atoms with Crippen molar-refractivity contribution in [2.45, 2.75) is 5.38 Å². The fourth-order valence-electron chi connectivity index (χ4n) is 1.24. The summed E-state index contributed by atoms with van der Waals surface area (Å²) in [6, 6.07) is 9.06. The molecule has 15 heavy (non-hydrogen) atoms. The molecule has 2 nitrogen and oxygen atoms in total. The molecular formula is C11H8Cl2N2. The van der Waals surface area contributed by atoms with Crippen LogP contribution in [0.3, 0.4) is 0 Å². The van der Waals surface area contributed by atoms with Gasteiger partial charge < -0.3 is 0 Å². The summed E-state index contributed by atoms with van der Waals surface area (Å²) in [5.74, 6) is 0. The van der Waals surface area contributed by atoms with Gasteiger partial charge in [-0.1, -0.05) is 17.7 Å². The van der Waals surface area contributed by atoms with Gasteiger partial charge >= 0.3 is 0 Å². The molecule has 4 heteroatoms. The number of aromatic nitrogens is 2. The van der Waals surface area contributed by atoms with Crippen molar-refractivity contribution in [1.82, 2.24) is 9.97 Å². The van der Waals surface area contributed by atoms with Crippen LogP contribution in [0.4, 0.5) is 0 Å². The SMILES string of the molecule is Clc1ccnc(C(Cl)c2ccccn2)c1. The summed E-state index contributed by atoms with van der Waals surface area (Å²) in [7, 11) is 0. The minimum atomic E-state index is -0.357. The Hall–Kier alpha value is -1.12. The Morgan fingerprint density at radius 1 is 1.00 bits per heavy atom. The van der Waals surface area contributed by atoms with Gasteiger partial charge in [0.05, 0.1) is 11.4 Å². The van der Waals surface area contributed by atoms with E-state index in [1.54, 1.807) is 24.5 Å². The van der Waals surface area contributed by atoms with E-state index in [1.165, 1.54) is 0 Å². The second kappa shape index (κ2) is 4.60. The molecule has 76 valence electrons. The van der Waals surface area contributed by atoms with Crippen molar-refractivity contribution in [3.63, 3.8) is 0 Å². The van der Waals surface area contributed by atoms with Gasteiger partial charge in [0.2, 0.25) is 0 Å². The average molecular weight is 239 g/mol. The molecule has 0 aliphatic heterocycles. The second-order valence-electron chi connectivity index (χ2n) is 3.02. The van der Waals surface area contributed by atoms with Crippen LogP contribution in [0.15, 0.2) is 42.7 Å². The van der Waals surface area contributed by atoms with Gasteiger partial charge in [-0.15, -0.1) is 11.6 Å². The lowest BCUT2D eigenvalue weighted by Gasteiger charge is -2.07. The first-order valence-electron chi connectivity index (χ1n) is 4.44. The molecule has 1 atom stereocenters. The Morgan fingerprint density at radius 2 is 1.80 bits per heavy atom. The fraction of sp³-hybridized carbons (Fsp3) is 0.0909. The monoisotopic (exact) mass is 238 g/mol. The van der Waals surface area contributed by atoms with Crippen molar-refractivity contribution in [1.29, 1.82) is 0 Å². The third kappa shape index (κ3) is 2.46. The average Bonchev–Trinajstić information content (AvgIpc) is 2.29. The maximum atomic E-state index is 6.22. The molecule has 2 aromatic rings. The third-order valence-electron chi connectivity index (χ3n) is 1.95. The number of hydrogen-bond donors (Lipinski definition) is 0. The van der Waals surface area contributed by atoms with E-state index in [2.05, 4.69) is 9.97 Å². The predicted octanol–water partition coefficient (Wildman–Crippen LogP) is 3.46. The zero-order valence-corrected chi connectivity index (χ0v) is 9.28. The number of halogens is 2. The molecule has 0 aliphatic carbocycles. The van der Waals surface area contributed by atoms with Crippen LogP contribution >= 0.6 is 23.2 Å². The van der Waals surface area contributed by atoms with Crippen LogP contribution < -0.4 is 0 Å². The van der Waals surface area contributed by atoms with Gasteiger partial charge in [-0.3, -0.25) is 9.97 Å². The predicted molar refractivity (Wildman–Crippen MR) is 61.2 cm³/mol. The van der Waals surface area contributed by atoms with E-state index < -0.39 is 0 Å². The molecule has 0 bridgehead atoms. The molecule has 2 rings (SSSR count). The lowest BCUT2D eigenvalue weighted by Crippen LogP contribution is -1.98. The first-order chi connectivity index (χ1) is 7.27. The number of hydrogen-bond acceptors (Lipinski definition) is 2. The molecule has 0 N–H and O–H groups in total. The zero-order valence-electron chi connectivity index (χ0n) is 7.77. The Kier molecular flexibility index (Phi) is 3.19. The molecule has 2 heterocycles. The van der Waals surface area contributed by atoms with Gasteiger partial charge in [-0.2, -0.15) is 0 Å². The zero-order chi connectivity index (χ0) is 10.7. The van der Waals surface area contributed by atoms with Crippen molar-refractivity contribution in [3.8, 4) is 0 Å². The Morgan fingerprint density at radius 3 is 2.47 bits per heavy atom. The van der Waals surface area contributed by atoms with Crippen molar-refractivity contribution in [3.05, 3.63) is 59.1 Å². The van der Waals surface area contributed by atoms with Gasteiger partial charge in [0.1, 0.15) is 5.38 Å². The van der Waals surface area contributed by atoms with Crippen molar-refractivity contribution in [2.75, 3.05) is 0 Å². The molecule has 0 saturated heterocycles. The van der Waals surface area contributed by atoms with Crippen LogP contribution in [-0.2, 0) is 0 Å². The van der Waals surface area contributed by atoms with Crippen LogP contribution in [-0.4, -0.2) is 9.97 Å². The van der Waals surface area contributed by atoms with E-state index in [1.807, 2.05) is 18.2 Å². The summed E-state index contributed by atoms with van der Waals surface area (Å²) in [5, 5.41) is 0.270. The molecule has 0 spiro atoms. The minimum absolute atomic E-state index is 0.357. The lowest BCUT2D eigenvalue weighted by atomic mass is 10.2. The molecule has 0 radical (unpaired) electrons. The van der Waals surface area contributed by atoms with E-state index in [0.29, 0.717) is 10.7 Å². The summed E-state index contributed by atoms with van der Waals surface area (Å²) in [5.41, 5.74) is 1.48. The standard InChI is InChI=1S/C11H8Cl2N2/c12-8-4-6-15-10(7-8)11(13)9-3-1-2-5-14-9/h1-7,11H. The van der Waals surface area contributed by atoms with E-state index in [0.717, 1.165) is 5.69 Å². The minimum Gasteiger partial charge on any atom is -0.259 e. The van der Waals surface area contributed by atoms with E-state index in [4.69, 9.17) is 23.2 Å². The van der Waals surface area contributed by atoms with E-state index >= 15 is 0 Å². The number of rotatable bonds is 2. The van der Waals surface area contributed by atoms with Gasteiger partial charge in [0.25, 0.3) is 0 Å². The van der Waals surface area contributed by atoms with Crippen LogP contribution in [0.2, 0.25) is 5.02 Å². The maximum Gasteiger partial charge on any atom is 0.118 e.